The van der Waals surface area contributed by atoms with Crippen molar-refractivity contribution in [2.45, 2.75) is 19.1 Å². The van der Waals surface area contributed by atoms with Gasteiger partial charge in [-0.3, -0.25) is 4.79 Å². The van der Waals surface area contributed by atoms with Gasteiger partial charge in [-0.05, 0) is 31.5 Å². The van der Waals surface area contributed by atoms with Gasteiger partial charge < -0.3 is 10.4 Å². The van der Waals surface area contributed by atoms with Crippen molar-refractivity contribution in [1.29, 1.82) is 0 Å². The number of carboxylic acid groups (broad SMARTS) is 1. The first-order chi connectivity index (χ1) is 10.2. The summed E-state index contributed by atoms with van der Waals surface area (Å²) in [6.45, 7) is 2.74. The van der Waals surface area contributed by atoms with Crippen molar-refractivity contribution in [2.24, 2.45) is 0 Å². The highest BCUT2D eigenvalue weighted by atomic mass is 31.1. The van der Waals surface area contributed by atoms with Crippen LogP contribution in [0.15, 0.2) is 60.7 Å². The Morgan fingerprint density at radius 3 is 1.90 bits per heavy atom. The third kappa shape index (κ3) is 4.13. The van der Waals surface area contributed by atoms with Crippen LogP contribution in [0.4, 0.5) is 0 Å². The Labute approximate surface area is 126 Å². The average Bonchev–Trinajstić information content (AvgIpc) is 2.53. The zero-order valence-corrected chi connectivity index (χ0v) is 13.0. The first kappa shape index (κ1) is 15.7. The first-order valence-corrected chi connectivity index (χ1v) is 8.50. The van der Waals surface area contributed by atoms with Crippen molar-refractivity contribution in [1.82, 2.24) is 5.32 Å². The van der Waals surface area contributed by atoms with E-state index in [1.807, 2.05) is 67.6 Å². The summed E-state index contributed by atoms with van der Waals surface area (Å²) in [5.41, 5.74) is 0. The van der Waals surface area contributed by atoms with Crippen LogP contribution in [-0.2, 0) is 4.79 Å². The van der Waals surface area contributed by atoms with Crippen LogP contribution < -0.4 is 15.9 Å². The van der Waals surface area contributed by atoms with Gasteiger partial charge in [-0.1, -0.05) is 67.6 Å². The van der Waals surface area contributed by atoms with E-state index in [4.69, 9.17) is 0 Å². The number of hydrogen-bond donors (Lipinski definition) is 2. The number of nitrogens with one attached hydrogen (secondary N) is 1. The lowest BCUT2D eigenvalue weighted by Gasteiger charge is -2.26. The van der Waals surface area contributed by atoms with Crippen molar-refractivity contribution >= 4 is 24.5 Å². The highest BCUT2D eigenvalue weighted by molar-refractivity contribution is 7.74. The summed E-state index contributed by atoms with van der Waals surface area (Å²) in [5, 5.41) is 15.0. The minimum Gasteiger partial charge on any atom is -0.480 e. The highest BCUT2D eigenvalue weighted by Gasteiger charge is 2.29. The van der Waals surface area contributed by atoms with Gasteiger partial charge in [0.25, 0.3) is 0 Å². The van der Waals surface area contributed by atoms with Crippen LogP contribution in [0.2, 0.25) is 0 Å². The van der Waals surface area contributed by atoms with Gasteiger partial charge in [0.2, 0.25) is 0 Å². The molecule has 2 aromatic carbocycles. The van der Waals surface area contributed by atoms with Crippen molar-refractivity contribution in [3.63, 3.8) is 0 Å². The fourth-order valence-electron chi connectivity index (χ4n) is 2.19. The monoisotopic (exact) mass is 301 g/mol. The molecule has 1 atom stereocenters. The molecule has 4 heteroatoms. The summed E-state index contributed by atoms with van der Waals surface area (Å²) in [6.07, 6.45) is 0.913. The van der Waals surface area contributed by atoms with Gasteiger partial charge >= 0.3 is 5.97 Å². The molecule has 1 unspecified atom stereocenters. The number of hydrogen-bond acceptors (Lipinski definition) is 2. The summed E-state index contributed by atoms with van der Waals surface area (Å²) >= 11 is 0. The molecule has 2 aromatic rings. The number of rotatable bonds is 7. The van der Waals surface area contributed by atoms with E-state index in [-0.39, 0.29) is 0 Å². The predicted octanol–water partition coefficient (Wildman–Crippen LogP) is 2.53. The topological polar surface area (TPSA) is 49.3 Å². The molecule has 2 rings (SSSR count). The van der Waals surface area contributed by atoms with Gasteiger partial charge in [-0.2, -0.15) is 0 Å². The average molecular weight is 301 g/mol. The molecule has 0 saturated heterocycles. The second-order valence-electron chi connectivity index (χ2n) is 4.74. The Morgan fingerprint density at radius 1 is 1.05 bits per heavy atom. The van der Waals surface area contributed by atoms with Crippen LogP contribution in [0.1, 0.15) is 13.3 Å². The van der Waals surface area contributed by atoms with E-state index in [0.717, 1.165) is 17.0 Å². The molecule has 3 nitrogen and oxygen atoms in total. The van der Waals surface area contributed by atoms with Crippen LogP contribution in [0, 0.1) is 0 Å². The molecule has 0 fully saturated rings. The Balaban J connectivity index is 2.42. The SMILES string of the molecule is CCCNC(C(=O)O)P(c1ccccc1)c1ccccc1. The fourth-order valence-corrected chi connectivity index (χ4v) is 4.61. The minimum atomic E-state index is -0.976. The summed E-state index contributed by atoms with van der Waals surface area (Å²) in [7, 11) is -0.976. The molecule has 0 aromatic heterocycles. The third-order valence-corrected chi connectivity index (χ3v) is 5.78. The largest absolute Gasteiger partial charge is 0.480 e. The lowest BCUT2D eigenvalue weighted by Crippen LogP contribution is -2.40. The van der Waals surface area contributed by atoms with E-state index in [2.05, 4.69) is 5.32 Å². The summed E-state index contributed by atoms with van der Waals surface area (Å²) in [5.74, 6) is -1.35. The van der Waals surface area contributed by atoms with Gasteiger partial charge in [-0.15, -0.1) is 0 Å². The zero-order chi connectivity index (χ0) is 15.1. The van der Waals surface area contributed by atoms with Gasteiger partial charge in [0.15, 0.2) is 0 Å². The highest BCUT2D eigenvalue weighted by Crippen LogP contribution is 2.38. The second-order valence-corrected chi connectivity index (χ2v) is 7.03. The van der Waals surface area contributed by atoms with E-state index in [1.54, 1.807) is 0 Å². The molecule has 2 N–H and O–H groups in total. The fraction of sp³-hybridized carbons (Fsp3) is 0.235. The van der Waals surface area contributed by atoms with Crippen molar-refractivity contribution < 1.29 is 9.90 Å². The molecule has 0 aliphatic carbocycles. The number of aliphatic carboxylic acids is 1. The number of carboxylic acids is 1. The zero-order valence-electron chi connectivity index (χ0n) is 12.1. The van der Waals surface area contributed by atoms with Crippen LogP contribution in [-0.4, -0.2) is 23.4 Å². The molecule has 0 saturated carbocycles. The van der Waals surface area contributed by atoms with Crippen molar-refractivity contribution in [2.75, 3.05) is 6.54 Å². The van der Waals surface area contributed by atoms with Gasteiger partial charge in [0, 0.05) is 0 Å². The minimum absolute atomic E-state index is 0.565. The molecule has 0 spiro atoms. The summed E-state index contributed by atoms with van der Waals surface area (Å²) in [6, 6.07) is 19.8. The van der Waals surface area contributed by atoms with Crippen LogP contribution >= 0.6 is 7.92 Å². The van der Waals surface area contributed by atoms with Crippen LogP contribution in [0.3, 0.4) is 0 Å². The molecule has 0 bridgehead atoms. The molecular formula is C17H20NO2P. The Hall–Kier alpha value is -1.70. The molecule has 21 heavy (non-hydrogen) atoms. The van der Waals surface area contributed by atoms with Crippen LogP contribution in [0.5, 0.6) is 0 Å². The smallest absolute Gasteiger partial charge is 0.325 e. The Kier molecular flexibility index (Phi) is 5.91. The maximum Gasteiger partial charge on any atom is 0.325 e. The van der Waals surface area contributed by atoms with Crippen LogP contribution in [0.25, 0.3) is 0 Å². The molecule has 110 valence electrons. The molecule has 0 amide bonds. The molecule has 0 radical (unpaired) electrons. The Morgan fingerprint density at radius 2 is 1.52 bits per heavy atom. The molecule has 0 heterocycles. The number of carbonyl (C=O) groups is 1. The van der Waals surface area contributed by atoms with E-state index in [9.17, 15) is 9.90 Å². The standard InChI is InChI=1S/C17H20NO2P/c1-2-13-18-16(17(19)20)21(14-9-5-3-6-10-14)15-11-7-4-8-12-15/h3-12,16,18H,2,13H2,1H3,(H,19,20). The second kappa shape index (κ2) is 7.92. The van der Waals surface area contributed by atoms with E-state index in [1.165, 1.54) is 0 Å². The van der Waals surface area contributed by atoms with Crippen molar-refractivity contribution in [3.05, 3.63) is 60.7 Å². The van der Waals surface area contributed by atoms with E-state index >= 15 is 0 Å². The van der Waals surface area contributed by atoms with Gasteiger partial charge in [0.1, 0.15) is 5.78 Å². The van der Waals surface area contributed by atoms with Gasteiger partial charge in [-0.25, -0.2) is 0 Å². The quantitative estimate of drug-likeness (QED) is 0.773. The predicted molar refractivity (Wildman–Crippen MR) is 88.8 cm³/mol. The Bertz CT molecular complexity index is 520. The third-order valence-electron chi connectivity index (χ3n) is 3.15. The first-order valence-electron chi connectivity index (χ1n) is 7.09. The van der Waals surface area contributed by atoms with Gasteiger partial charge in [0.05, 0.1) is 0 Å². The summed E-state index contributed by atoms with van der Waals surface area (Å²) in [4.78, 5) is 11.7. The van der Waals surface area contributed by atoms with E-state index in [0.29, 0.717) is 6.54 Å². The van der Waals surface area contributed by atoms with Crippen molar-refractivity contribution in [3.8, 4) is 0 Å². The maximum absolute atomic E-state index is 11.7. The normalized spacial score (nSPS) is 12.3. The lowest BCUT2D eigenvalue weighted by molar-refractivity contribution is -0.137. The molecule has 0 aliphatic heterocycles. The summed E-state index contributed by atoms with van der Waals surface area (Å²) < 4.78 is 0. The molecule has 0 aliphatic rings. The lowest BCUT2D eigenvalue weighted by atomic mass is 10.4. The number of benzene rings is 2. The van der Waals surface area contributed by atoms with E-state index < -0.39 is 19.7 Å². The maximum atomic E-state index is 11.7. The molecular weight excluding hydrogens is 281 g/mol.